The monoisotopic (exact) mass is 341 g/mol. The van der Waals surface area contributed by atoms with E-state index in [-0.39, 0.29) is 5.76 Å². The Morgan fingerprint density at radius 3 is 3.00 bits per heavy atom. The third-order valence-corrected chi connectivity index (χ3v) is 3.80. The number of hydrogen-bond donors (Lipinski definition) is 2. The first-order valence-corrected chi connectivity index (χ1v) is 7.22. The summed E-state index contributed by atoms with van der Waals surface area (Å²) in [5.41, 5.74) is 2.82. The number of halogens is 1. The van der Waals surface area contributed by atoms with Gasteiger partial charge in [0, 0.05) is 16.2 Å². The molecular weight excluding hydrogens is 330 g/mol. The Kier molecular flexibility index (Phi) is 4.62. The molecule has 0 saturated carbocycles. The number of hydrazine groups is 1. The van der Waals surface area contributed by atoms with E-state index >= 15 is 0 Å². The second-order valence-electron chi connectivity index (χ2n) is 3.80. The van der Waals surface area contributed by atoms with E-state index in [1.165, 1.54) is 11.8 Å². The summed E-state index contributed by atoms with van der Waals surface area (Å²) in [5.74, 6) is 6.23. The second-order valence-corrected chi connectivity index (χ2v) is 5.71. The minimum absolute atomic E-state index is 0.252. The lowest BCUT2D eigenvalue weighted by atomic mass is 10.2. The van der Waals surface area contributed by atoms with Crippen LogP contribution in [-0.4, -0.2) is 10.9 Å². The molecular formula is C12H12BrN3O2S. The average Bonchev–Trinajstić information content (AvgIpc) is 2.78. The van der Waals surface area contributed by atoms with Crippen molar-refractivity contribution in [3.05, 3.63) is 46.0 Å². The lowest BCUT2D eigenvalue weighted by Gasteiger charge is -1.99. The minimum atomic E-state index is -0.421. The molecule has 0 unspecified atom stereocenters. The fraction of sp³-hybridized carbons (Fsp3) is 0.167. The number of carbonyl (C=O) groups excluding carboxylic acids is 1. The van der Waals surface area contributed by atoms with Crippen LogP contribution in [0, 0.1) is 6.92 Å². The van der Waals surface area contributed by atoms with Gasteiger partial charge in [0.1, 0.15) is 5.76 Å². The van der Waals surface area contributed by atoms with Gasteiger partial charge in [-0.3, -0.25) is 10.2 Å². The summed E-state index contributed by atoms with van der Waals surface area (Å²) in [6.45, 7) is 1.81. The number of pyridine rings is 1. The van der Waals surface area contributed by atoms with Crippen LogP contribution in [0.5, 0.6) is 0 Å². The Hall–Kier alpha value is -1.31. The number of thioether (sulfide) groups is 1. The summed E-state index contributed by atoms with van der Waals surface area (Å²) in [4.78, 5) is 15.7. The van der Waals surface area contributed by atoms with Crippen LogP contribution in [0.25, 0.3) is 0 Å². The highest BCUT2D eigenvalue weighted by molar-refractivity contribution is 9.10. The van der Waals surface area contributed by atoms with Crippen molar-refractivity contribution in [1.82, 2.24) is 10.4 Å². The summed E-state index contributed by atoms with van der Waals surface area (Å²) in [5, 5.41) is 0.891. The van der Waals surface area contributed by atoms with Gasteiger partial charge in [0.2, 0.25) is 0 Å². The highest BCUT2D eigenvalue weighted by Gasteiger charge is 2.14. The highest BCUT2D eigenvalue weighted by atomic mass is 79.9. The van der Waals surface area contributed by atoms with E-state index in [1.807, 2.05) is 18.2 Å². The highest BCUT2D eigenvalue weighted by Crippen LogP contribution is 2.24. The maximum atomic E-state index is 11.4. The molecule has 1 amide bonds. The topological polar surface area (TPSA) is 81.2 Å². The molecule has 0 aliphatic carbocycles. The van der Waals surface area contributed by atoms with Crippen molar-refractivity contribution in [3.8, 4) is 0 Å². The standard InChI is InChI=1S/C12H12BrN3O2S/c1-7-4-9(18-11(7)12(17)16-14)6-19-10-3-2-8(13)5-15-10/h2-5H,6,14H2,1H3,(H,16,17). The number of furan rings is 1. The number of nitrogen functional groups attached to an aromatic ring is 1. The first-order chi connectivity index (χ1) is 9.10. The van der Waals surface area contributed by atoms with Gasteiger partial charge >= 0.3 is 5.91 Å². The van der Waals surface area contributed by atoms with Crippen molar-refractivity contribution in [1.29, 1.82) is 0 Å². The summed E-state index contributed by atoms with van der Waals surface area (Å²) in [6.07, 6.45) is 1.74. The van der Waals surface area contributed by atoms with E-state index in [0.717, 1.165) is 15.1 Å². The molecule has 0 spiro atoms. The van der Waals surface area contributed by atoms with Crippen LogP contribution in [0.15, 0.2) is 38.3 Å². The zero-order valence-electron chi connectivity index (χ0n) is 10.1. The lowest BCUT2D eigenvalue weighted by Crippen LogP contribution is -2.30. The first kappa shape index (κ1) is 14.1. The van der Waals surface area contributed by atoms with E-state index < -0.39 is 5.91 Å². The Morgan fingerprint density at radius 1 is 1.58 bits per heavy atom. The van der Waals surface area contributed by atoms with Crippen LogP contribution in [0.1, 0.15) is 21.9 Å². The molecule has 7 heteroatoms. The number of carbonyl (C=O) groups is 1. The zero-order valence-corrected chi connectivity index (χ0v) is 12.5. The lowest BCUT2D eigenvalue weighted by molar-refractivity contribution is 0.0923. The molecule has 0 atom stereocenters. The fourth-order valence-corrected chi connectivity index (χ4v) is 2.46. The summed E-state index contributed by atoms with van der Waals surface area (Å²) < 4.78 is 6.40. The van der Waals surface area contributed by atoms with Gasteiger partial charge in [-0.2, -0.15) is 0 Å². The predicted octanol–water partition coefficient (Wildman–Crippen LogP) is 2.64. The molecule has 19 heavy (non-hydrogen) atoms. The van der Waals surface area contributed by atoms with E-state index in [4.69, 9.17) is 10.3 Å². The molecule has 2 rings (SSSR count). The molecule has 0 bridgehead atoms. The molecule has 2 aromatic heterocycles. The van der Waals surface area contributed by atoms with Crippen molar-refractivity contribution in [2.45, 2.75) is 17.7 Å². The molecule has 100 valence electrons. The molecule has 0 saturated heterocycles. The number of nitrogens with two attached hydrogens (primary N) is 1. The van der Waals surface area contributed by atoms with Gasteiger partial charge < -0.3 is 4.42 Å². The number of aryl methyl sites for hydroxylation is 1. The van der Waals surface area contributed by atoms with Gasteiger partial charge in [-0.15, -0.1) is 0 Å². The smallest absolute Gasteiger partial charge is 0.301 e. The van der Waals surface area contributed by atoms with Crippen LogP contribution in [0.3, 0.4) is 0 Å². The maximum absolute atomic E-state index is 11.4. The van der Waals surface area contributed by atoms with Crippen molar-refractivity contribution in [2.75, 3.05) is 0 Å². The molecule has 2 heterocycles. The van der Waals surface area contributed by atoms with Gasteiger partial charge in [-0.1, -0.05) is 11.8 Å². The van der Waals surface area contributed by atoms with Gasteiger partial charge in [-0.05, 0) is 41.1 Å². The molecule has 3 N–H and O–H groups in total. The maximum Gasteiger partial charge on any atom is 0.301 e. The molecule has 0 aliphatic rings. The van der Waals surface area contributed by atoms with E-state index in [0.29, 0.717) is 11.5 Å². The fourth-order valence-electron chi connectivity index (χ4n) is 1.50. The summed E-state index contributed by atoms with van der Waals surface area (Å²) in [7, 11) is 0. The van der Waals surface area contributed by atoms with Crippen molar-refractivity contribution >= 4 is 33.6 Å². The summed E-state index contributed by atoms with van der Waals surface area (Å²) >= 11 is 4.87. The van der Waals surface area contributed by atoms with Crippen LogP contribution >= 0.6 is 27.7 Å². The van der Waals surface area contributed by atoms with Crippen LogP contribution in [0.2, 0.25) is 0 Å². The largest absolute Gasteiger partial charge is 0.455 e. The van der Waals surface area contributed by atoms with E-state index in [2.05, 4.69) is 26.3 Å². The number of nitrogens with one attached hydrogen (secondary N) is 1. The van der Waals surface area contributed by atoms with Crippen molar-refractivity contribution in [2.24, 2.45) is 5.84 Å². The molecule has 0 fully saturated rings. The number of hydrogen-bond acceptors (Lipinski definition) is 5. The van der Waals surface area contributed by atoms with Gasteiger partial charge in [-0.25, -0.2) is 10.8 Å². The Morgan fingerprint density at radius 2 is 2.37 bits per heavy atom. The normalized spacial score (nSPS) is 10.5. The Bertz CT molecular complexity index is 583. The van der Waals surface area contributed by atoms with Gasteiger partial charge in [0.05, 0.1) is 10.8 Å². The Balaban J connectivity index is 2.04. The average molecular weight is 342 g/mol. The number of rotatable bonds is 4. The quantitative estimate of drug-likeness (QED) is 0.386. The Labute approximate surface area is 123 Å². The number of amides is 1. The van der Waals surface area contributed by atoms with Crippen molar-refractivity contribution < 1.29 is 9.21 Å². The van der Waals surface area contributed by atoms with Gasteiger partial charge in [0.15, 0.2) is 5.76 Å². The molecule has 5 nitrogen and oxygen atoms in total. The minimum Gasteiger partial charge on any atom is -0.455 e. The SMILES string of the molecule is Cc1cc(CSc2ccc(Br)cn2)oc1C(=O)NN. The molecule has 0 radical (unpaired) electrons. The van der Waals surface area contributed by atoms with Crippen LogP contribution < -0.4 is 11.3 Å². The third-order valence-electron chi connectivity index (χ3n) is 2.37. The predicted molar refractivity (Wildman–Crippen MR) is 76.6 cm³/mol. The number of aromatic nitrogens is 1. The van der Waals surface area contributed by atoms with Gasteiger partial charge in [0.25, 0.3) is 0 Å². The van der Waals surface area contributed by atoms with Crippen LogP contribution in [0.4, 0.5) is 0 Å². The zero-order chi connectivity index (χ0) is 13.8. The van der Waals surface area contributed by atoms with Crippen molar-refractivity contribution in [3.63, 3.8) is 0 Å². The molecule has 0 aromatic carbocycles. The third kappa shape index (κ3) is 3.59. The second kappa shape index (κ2) is 6.23. The first-order valence-electron chi connectivity index (χ1n) is 5.44. The summed E-state index contributed by atoms with van der Waals surface area (Å²) in [6, 6.07) is 5.67. The molecule has 2 aromatic rings. The van der Waals surface area contributed by atoms with E-state index in [9.17, 15) is 4.79 Å². The number of nitrogens with zero attached hydrogens (tertiary/aromatic N) is 1. The van der Waals surface area contributed by atoms with Crippen LogP contribution in [-0.2, 0) is 5.75 Å². The van der Waals surface area contributed by atoms with E-state index in [1.54, 1.807) is 13.1 Å². The molecule has 0 aliphatic heterocycles.